The van der Waals surface area contributed by atoms with Gasteiger partial charge in [0.25, 0.3) is 0 Å². The fraction of sp³-hybridized carbons (Fsp3) is 0.556. The third-order valence-electron chi connectivity index (χ3n) is 1.59. The molecule has 15 heavy (non-hydrogen) atoms. The molecular weight excluding hydrogens is 262 g/mol. The Bertz CT molecular complexity index is 289. The lowest BCUT2D eigenvalue weighted by molar-refractivity contribution is 0.0992. The topological polar surface area (TPSA) is 67.3 Å². The van der Waals surface area contributed by atoms with Crippen molar-refractivity contribution in [3.05, 3.63) is 16.5 Å². The molecule has 0 saturated heterocycles. The standard InChI is InChI=1S/C9H14BrN3O2/c1-7-12-8(10)6-9(13-7)11-2-4-15-5-3-14/h6,14H,2-5H2,1H3,(H,11,12,13). The molecule has 1 heterocycles. The Labute approximate surface area is 97.0 Å². The highest BCUT2D eigenvalue weighted by Crippen LogP contribution is 2.11. The Balaban J connectivity index is 2.31. The molecule has 0 fully saturated rings. The van der Waals surface area contributed by atoms with E-state index in [1.54, 1.807) is 6.07 Å². The van der Waals surface area contributed by atoms with Crippen LogP contribution in [0.3, 0.4) is 0 Å². The molecule has 1 aromatic rings. The van der Waals surface area contributed by atoms with E-state index in [1.165, 1.54) is 0 Å². The number of halogens is 1. The molecule has 0 spiro atoms. The summed E-state index contributed by atoms with van der Waals surface area (Å²) in [6, 6.07) is 1.80. The monoisotopic (exact) mass is 275 g/mol. The maximum Gasteiger partial charge on any atom is 0.130 e. The Morgan fingerprint density at radius 2 is 2.27 bits per heavy atom. The molecule has 0 radical (unpaired) electrons. The molecule has 0 bridgehead atoms. The van der Waals surface area contributed by atoms with Crippen molar-refractivity contribution in [2.45, 2.75) is 6.92 Å². The van der Waals surface area contributed by atoms with Gasteiger partial charge in [-0.25, -0.2) is 9.97 Å². The number of aromatic nitrogens is 2. The predicted molar refractivity (Wildman–Crippen MR) is 60.9 cm³/mol. The summed E-state index contributed by atoms with van der Waals surface area (Å²) in [6.07, 6.45) is 0. The van der Waals surface area contributed by atoms with Gasteiger partial charge in [0.05, 0.1) is 19.8 Å². The summed E-state index contributed by atoms with van der Waals surface area (Å²) in [5.74, 6) is 1.48. The zero-order valence-corrected chi connectivity index (χ0v) is 10.1. The van der Waals surface area contributed by atoms with E-state index in [2.05, 4.69) is 31.2 Å². The van der Waals surface area contributed by atoms with E-state index in [4.69, 9.17) is 9.84 Å². The Hall–Kier alpha value is -0.720. The van der Waals surface area contributed by atoms with Gasteiger partial charge in [-0.05, 0) is 22.9 Å². The molecule has 1 rings (SSSR count). The highest BCUT2D eigenvalue weighted by Gasteiger charge is 1.98. The van der Waals surface area contributed by atoms with Crippen LogP contribution in [-0.2, 0) is 4.74 Å². The summed E-state index contributed by atoms with van der Waals surface area (Å²) in [5.41, 5.74) is 0. The highest BCUT2D eigenvalue weighted by molar-refractivity contribution is 9.10. The SMILES string of the molecule is Cc1nc(Br)cc(NCCOCCO)n1. The van der Waals surface area contributed by atoms with Crippen LogP contribution < -0.4 is 5.32 Å². The number of ether oxygens (including phenoxy) is 1. The lowest BCUT2D eigenvalue weighted by Crippen LogP contribution is -2.12. The van der Waals surface area contributed by atoms with Gasteiger partial charge in [-0.3, -0.25) is 0 Å². The van der Waals surface area contributed by atoms with Gasteiger partial charge in [0, 0.05) is 12.6 Å². The van der Waals surface area contributed by atoms with Crippen LogP contribution >= 0.6 is 15.9 Å². The van der Waals surface area contributed by atoms with Crippen LogP contribution in [0.4, 0.5) is 5.82 Å². The number of aliphatic hydroxyl groups is 1. The van der Waals surface area contributed by atoms with E-state index in [-0.39, 0.29) is 6.61 Å². The summed E-state index contributed by atoms with van der Waals surface area (Å²) < 4.78 is 5.86. The van der Waals surface area contributed by atoms with E-state index >= 15 is 0 Å². The summed E-state index contributed by atoms with van der Waals surface area (Å²) in [4.78, 5) is 8.29. The van der Waals surface area contributed by atoms with Crippen molar-refractivity contribution < 1.29 is 9.84 Å². The molecule has 6 heteroatoms. The average molecular weight is 276 g/mol. The first kappa shape index (κ1) is 12.4. The van der Waals surface area contributed by atoms with Gasteiger partial charge >= 0.3 is 0 Å². The van der Waals surface area contributed by atoms with Crippen LogP contribution in [0, 0.1) is 6.92 Å². The van der Waals surface area contributed by atoms with Crippen LogP contribution in [0.1, 0.15) is 5.82 Å². The number of hydrogen-bond acceptors (Lipinski definition) is 5. The third kappa shape index (κ3) is 5.06. The summed E-state index contributed by atoms with van der Waals surface area (Å²) >= 11 is 3.29. The van der Waals surface area contributed by atoms with Gasteiger partial charge in [-0.2, -0.15) is 0 Å². The number of aryl methyl sites for hydroxylation is 1. The van der Waals surface area contributed by atoms with Crippen molar-refractivity contribution in [3.63, 3.8) is 0 Å². The minimum Gasteiger partial charge on any atom is -0.394 e. The summed E-state index contributed by atoms with van der Waals surface area (Å²) in [5, 5.41) is 11.6. The lowest BCUT2D eigenvalue weighted by Gasteiger charge is -2.06. The molecule has 1 aromatic heterocycles. The second-order valence-corrected chi connectivity index (χ2v) is 3.70. The maximum absolute atomic E-state index is 8.48. The van der Waals surface area contributed by atoms with E-state index < -0.39 is 0 Å². The van der Waals surface area contributed by atoms with E-state index in [9.17, 15) is 0 Å². The van der Waals surface area contributed by atoms with E-state index in [1.807, 2.05) is 6.92 Å². The second kappa shape index (κ2) is 6.71. The molecule has 5 nitrogen and oxygen atoms in total. The minimum atomic E-state index is 0.0537. The number of hydrogen-bond donors (Lipinski definition) is 2. The lowest BCUT2D eigenvalue weighted by atomic mass is 10.5. The third-order valence-corrected chi connectivity index (χ3v) is 2.00. The molecule has 0 aliphatic rings. The molecule has 0 unspecified atom stereocenters. The molecule has 0 atom stereocenters. The van der Waals surface area contributed by atoms with Crippen molar-refractivity contribution in [3.8, 4) is 0 Å². The molecule has 0 aliphatic heterocycles. The Kier molecular flexibility index (Phi) is 5.52. The van der Waals surface area contributed by atoms with Crippen molar-refractivity contribution in [2.24, 2.45) is 0 Å². The summed E-state index contributed by atoms with van der Waals surface area (Å²) in [6.45, 7) is 3.45. The first-order chi connectivity index (χ1) is 7.22. The number of aliphatic hydroxyl groups excluding tert-OH is 1. The Morgan fingerprint density at radius 1 is 1.47 bits per heavy atom. The smallest absolute Gasteiger partial charge is 0.130 e. The number of anilines is 1. The highest BCUT2D eigenvalue weighted by atomic mass is 79.9. The van der Waals surface area contributed by atoms with Gasteiger partial charge in [-0.15, -0.1) is 0 Å². The fourth-order valence-corrected chi connectivity index (χ4v) is 1.51. The van der Waals surface area contributed by atoms with Crippen LogP contribution in [0.25, 0.3) is 0 Å². The molecule has 84 valence electrons. The number of rotatable bonds is 6. The van der Waals surface area contributed by atoms with Crippen molar-refractivity contribution in [1.82, 2.24) is 9.97 Å². The van der Waals surface area contributed by atoms with Gasteiger partial charge in [0.2, 0.25) is 0 Å². The fourth-order valence-electron chi connectivity index (χ4n) is 1.04. The van der Waals surface area contributed by atoms with Gasteiger partial charge in [-0.1, -0.05) is 0 Å². The van der Waals surface area contributed by atoms with E-state index in [0.717, 1.165) is 10.4 Å². The van der Waals surface area contributed by atoms with Gasteiger partial charge in [0.15, 0.2) is 0 Å². The normalized spacial score (nSPS) is 10.3. The van der Waals surface area contributed by atoms with Crippen LogP contribution in [0.2, 0.25) is 0 Å². The predicted octanol–water partition coefficient (Wildman–Crippen LogP) is 0.968. The zero-order chi connectivity index (χ0) is 11.1. The zero-order valence-electron chi connectivity index (χ0n) is 8.53. The maximum atomic E-state index is 8.48. The van der Waals surface area contributed by atoms with Crippen molar-refractivity contribution in [1.29, 1.82) is 0 Å². The molecule has 0 aliphatic carbocycles. The molecular formula is C9H14BrN3O2. The average Bonchev–Trinajstić information content (AvgIpc) is 2.16. The molecule has 2 N–H and O–H groups in total. The summed E-state index contributed by atoms with van der Waals surface area (Å²) in [7, 11) is 0. The van der Waals surface area contributed by atoms with Crippen LogP contribution in [0.15, 0.2) is 10.7 Å². The molecule has 0 amide bonds. The van der Waals surface area contributed by atoms with Crippen molar-refractivity contribution in [2.75, 3.05) is 31.7 Å². The van der Waals surface area contributed by atoms with Crippen molar-refractivity contribution >= 4 is 21.7 Å². The first-order valence-corrected chi connectivity index (χ1v) is 5.45. The second-order valence-electron chi connectivity index (χ2n) is 2.89. The van der Waals surface area contributed by atoms with Crippen LogP contribution in [0.5, 0.6) is 0 Å². The molecule has 0 saturated carbocycles. The van der Waals surface area contributed by atoms with Crippen LogP contribution in [-0.4, -0.2) is 41.4 Å². The first-order valence-electron chi connectivity index (χ1n) is 4.66. The van der Waals surface area contributed by atoms with Gasteiger partial charge < -0.3 is 15.2 Å². The largest absolute Gasteiger partial charge is 0.394 e. The van der Waals surface area contributed by atoms with E-state index in [0.29, 0.717) is 25.6 Å². The number of nitrogens with one attached hydrogen (secondary N) is 1. The minimum absolute atomic E-state index is 0.0537. The Morgan fingerprint density at radius 3 is 2.93 bits per heavy atom. The number of nitrogens with zero attached hydrogens (tertiary/aromatic N) is 2. The van der Waals surface area contributed by atoms with Gasteiger partial charge in [0.1, 0.15) is 16.2 Å². The quantitative estimate of drug-likeness (QED) is 0.598. The molecule has 0 aromatic carbocycles.